The van der Waals surface area contributed by atoms with Gasteiger partial charge in [-0.3, -0.25) is 4.79 Å². The van der Waals surface area contributed by atoms with Gasteiger partial charge in [-0.2, -0.15) is 0 Å². The maximum atomic E-state index is 12.7. The molecule has 0 fully saturated rings. The van der Waals surface area contributed by atoms with Gasteiger partial charge in [-0.05, 0) is 77.5 Å². The molecule has 0 saturated heterocycles. The Morgan fingerprint density at radius 1 is 0.971 bits per heavy atom. The average molecular weight is 516 g/mol. The van der Waals surface area contributed by atoms with Gasteiger partial charge in [-0.15, -0.1) is 11.3 Å². The van der Waals surface area contributed by atoms with E-state index in [2.05, 4.69) is 52.9 Å². The zero-order valence-corrected chi connectivity index (χ0v) is 23.4. The van der Waals surface area contributed by atoms with E-state index in [0.29, 0.717) is 16.4 Å². The van der Waals surface area contributed by atoms with Crippen LogP contribution in [0.15, 0.2) is 42.5 Å². The minimum absolute atomic E-state index is 0.107. The van der Waals surface area contributed by atoms with Crippen molar-refractivity contribution in [3.8, 4) is 11.5 Å². The molecule has 3 rings (SSSR count). The van der Waals surface area contributed by atoms with E-state index in [9.17, 15) is 4.79 Å². The van der Waals surface area contributed by atoms with Crippen molar-refractivity contribution in [2.24, 2.45) is 0 Å². The van der Waals surface area contributed by atoms with Crippen molar-refractivity contribution in [3.63, 3.8) is 0 Å². The Balaban J connectivity index is 1.59. The standard InChI is InChI=1S/C29H38ClNO3S/c1-7-28(3,4)33-21-17-16-20(23(19-21)34-29(5,6)8-2)13-11-12-18-31-27(32)26-25(30)22-14-9-10-15-24(22)35-26/h9-10,14-17,19H,7-8,11-13,18H2,1-6H3,(H,31,32). The molecule has 2 aromatic carbocycles. The smallest absolute Gasteiger partial charge is 0.262 e. The molecule has 0 saturated carbocycles. The van der Waals surface area contributed by atoms with Crippen LogP contribution in [-0.4, -0.2) is 23.7 Å². The van der Waals surface area contributed by atoms with Crippen LogP contribution in [0.2, 0.25) is 5.02 Å². The van der Waals surface area contributed by atoms with Crippen LogP contribution in [0.4, 0.5) is 0 Å². The number of benzene rings is 2. The van der Waals surface area contributed by atoms with E-state index < -0.39 is 0 Å². The highest BCUT2D eigenvalue weighted by atomic mass is 35.5. The summed E-state index contributed by atoms with van der Waals surface area (Å²) in [6.07, 6.45) is 4.50. The topological polar surface area (TPSA) is 47.6 Å². The number of carbonyl (C=O) groups is 1. The molecule has 1 aromatic heterocycles. The van der Waals surface area contributed by atoms with Crippen molar-refractivity contribution < 1.29 is 14.3 Å². The number of amides is 1. The molecule has 6 heteroatoms. The first-order valence-electron chi connectivity index (χ1n) is 12.5. The van der Waals surface area contributed by atoms with Crippen LogP contribution in [0, 0.1) is 0 Å². The molecule has 1 amide bonds. The van der Waals surface area contributed by atoms with Gasteiger partial charge in [0.25, 0.3) is 5.91 Å². The lowest BCUT2D eigenvalue weighted by Crippen LogP contribution is -2.28. The first-order valence-corrected chi connectivity index (χ1v) is 13.7. The van der Waals surface area contributed by atoms with Gasteiger partial charge in [-0.1, -0.05) is 49.7 Å². The Kier molecular flexibility index (Phi) is 9.11. The Morgan fingerprint density at radius 2 is 1.66 bits per heavy atom. The zero-order chi connectivity index (χ0) is 25.6. The van der Waals surface area contributed by atoms with Gasteiger partial charge in [0, 0.05) is 22.7 Å². The first-order chi connectivity index (χ1) is 16.5. The molecule has 0 bridgehead atoms. The van der Waals surface area contributed by atoms with E-state index in [4.69, 9.17) is 21.1 Å². The summed E-state index contributed by atoms with van der Waals surface area (Å²) in [5, 5.41) is 4.50. The van der Waals surface area contributed by atoms with E-state index >= 15 is 0 Å². The zero-order valence-electron chi connectivity index (χ0n) is 21.8. The number of hydrogen-bond acceptors (Lipinski definition) is 4. The van der Waals surface area contributed by atoms with Crippen molar-refractivity contribution in [2.75, 3.05) is 6.54 Å². The molecule has 0 aliphatic heterocycles. The van der Waals surface area contributed by atoms with Crippen LogP contribution < -0.4 is 14.8 Å². The van der Waals surface area contributed by atoms with Crippen molar-refractivity contribution in [2.45, 2.75) is 84.8 Å². The first kappa shape index (κ1) is 27.3. The number of ether oxygens (including phenoxy) is 2. The number of hydrogen-bond donors (Lipinski definition) is 1. The molecule has 0 aliphatic rings. The van der Waals surface area contributed by atoms with E-state index in [1.807, 2.05) is 36.4 Å². The summed E-state index contributed by atoms with van der Waals surface area (Å²) in [5.41, 5.74) is 0.673. The average Bonchev–Trinajstić information content (AvgIpc) is 3.16. The molecular formula is C29H38ClNO3S. The second-order valence-electron chi connectivity index (χ2n) is 10.2. The van der Waals surface area contributed by atoms with Crippen LogP contribution in [0.5, 0.6) is 11.5 Å². The normalized spacial score (nSPS) is 12.1. The van der Waals surface area contributed by atoms with Crippen molar-refractivity contribution in [3.05, 3.63) is 57.9 Å². The summed E-state index contributed by atoms with van der Waals surface area (Å²) in [4.78, 5) is 13.2. The summed E-state index contributed by atoms with van der Waals surface area (Å²) >= 11 is 7.88. The number of halogens is 1. The number of aryl methyl sites for hydroxylation is 1. The summed E-state index contributed by atoms with van der Waals surface area (Å²) in [6.45, 7) is 13.3. The molecule has 0 atom stereocenters. The van der Waals surface area contributed by atoms with E-state index in [1.54, 1.807) is 0 Å². The largest absolute Gasteiger partial charge is 0.488 e. The summed E-state index contributed by atoms with van der Waals surface area (Å²) in [6, 6.07) is 14.0. The lowest BCUT2D eigenvalue weighted by molar-refractivity contribution is 0.0943. The molecule has 35 heavy (non-hydrogen) atoms. The van der Waals surface area contributed by atoms with Gasteiger partial charge in [0.2, 0.25) is 0 Å². The fourth-order valence-corrected chi connectivity index (χ4v) is 4.98. The third kappa shape index (κ3) is 7.37. The van der Waals surface area contributed by atoms with Gasteiger partial charge in [0.05, 0.1) is 5.02 Å². The van der Waals surface area contributed by atoms with Gasteiger partial charge < -0.3 is 14.8 Å². The quantitative estimate of drug-likeness (QED) is 0.246. The van der Waals surface area contributed by atoms with Crippen LogP contribution in [0.3, 0.4) is 0 Å². The summed E-state index contributed by atoms with van der Waals surface area (Å²) < 4.78 is 13.6. The predicted molar refractivity (Wildman–Crippen MR) is 149 cm³/mol. The Labute approximate surface area is 219 Å². The number of carbonyl (C=O) groups excluding carboxylic acids is 1. The minimum atomic E-state index is -0.259. The van der Waals surface area contributed by atoms with Crippen LogP contribution >= 0.6 is 22.9 Å². The van der Waals surface area contributed by atoms with Gasteiger partial charge in [0.1, 0.15) is 27.6 Å². The van der Waals surface area contributed by atoms with Gasteiger partial charge in [0.15, 0.2) is 0 Å². The maximum absolute atomic E-state index is 12.7. The van der Waals surface area contributed by atoms with Crippen LogP contribution in [0.25, 0.3) is 10.1 Å². The summed E-state index contributed by atoms with van der Waals surface area (Å²) in [5.74, 6) is 1.60. The fraction of sp³-hybridized carbons (Fsp3) is 0.483. The van der Waals surface area contributed by atoms with Crippen LogP contribution in [0.1, 0.15) is 82.5 Å². The minimum Gasteiger partial charge on any atom is -0.488 e. The second kappa shape index (κ2) is 11.7. The van der Waals surface area contributed by atoms with Gasteiger partial charge >= 0.3 is 0 Å². The number of unbranched alkanes of at least 4 members (excludes halogenated alkanes) is 1. The molecule has 3 aromatic rings. The predicted octanol–water partition coefficient (Wildman–Crippen LogP) is 8.44. The van der Waals surface area contributed by atoms with E-state index in [0.717, 1.165) is 59.3 Å². The lowest BCUT2D eigenvalue weighted by atomic mass is 10.0. The second-order valence-corrected chi connectivity index (χ2v) is 11.6. The number of nitrogens with one attached hydrogen (secondary N) is 1. The van der Waals surface area contributed by atoms with Crippen molar-refractivity contribution >= 4 is 38.9 Å². The lowest BCUT2D eigenvalue weighted by Gasteiger charge is -2.29. The van der Waals surface area contributed by atoms with E-state index in [1.165, 1.54) is 11.3 Å². The molecule has 0 unspecified atom stereocenters. The SMILES string of the molecule is CCC(C)(C)Oc1ccc(CCCCNC(=O)c2sc3ccccc3c2Cl)c(OC(C)(C)CC)c1. The third-order valence-electron chi connectivity index (χ3n) is 6.42. The Hall–Kier alpha value is -2.24. The third-order valence-corrected chi connectivity index (χ3v) is 8.10. The van der Waals surface area contributed by atoms with Crippen molar-refractivity contribution in [1.29, 1.82) is 0 Å². The molecule has 0 radical (unpaired) electrons. The highest BCUT2D eigenvalue weighted by Crippen LogP contribution is 2.35. The molecule has 1 heterocycles. The van der Waals surface area contributed by atoms with Crippen molar-refractivity contribution in [1.82, 2.24) is 5.32 Å². The number of rotatable bonds is 12. The molecule has 0 spiro atoms. The number of fused-ring (bicyclic) bond motifs is 1. The molecule has 1 N–H and O–H groups in total. The number of thiophene rings is 1. The highest BCUT2D eigenvalue weighted by Gasteiger charge is 2.22. The molecule has 4 nitrogen and oxygen atoms in total. The van der Waals surface area contributed by atoms with E-state index in [-0.39, 0.29) is 17.1 Å². The molecule has 190 valence electrons. The Bertz CT molecular complexity index is 1150. The Morgan fingerprint density at radius 3 is 2.34 bits per heavy atom. The molecular weight excluding hydrogens is 478 g/mol. The van der Waals surface area contributed by atoms with Crippen LogP contribution in [-0.2, 0) is 6.42 Å². The molecule has 0 aliphatic carbocycles. The fourth-order valence-electron chi connectivity index (χ4n) is 3.54. The highest BCUT2D eigenvalue weighted by molar-refractivity contribution is 7.21. The summed E-state index contributed by atoms with van der Waals surface area (Å²) in [7, 11) is 0. The van der Waals surface area contributed by atoms with Gasteiger partial charge in [-0.25, -0.2) is 0 Å². The monoisotopic (exact) mass is 515 g/mol. The maximum Gasteiger partial charge on any atom is 0.262 e.